The second-order valence-corrected chi connectivity index (χ2v) is 4.90. The molecule has 2 rings (SSSR count). The van der Waals surface area contributed by atoms with Gasteiger partial charge in [0.1, 0.15) is 5.82 Å². The Morgan fingerprint density at radius 1 is 1.48 bits per heavy atom. The summed E-state index contributed by atoms with van der Waals surface area (Å²) in [5.74, 6) is 0.294. The van der Waals surface area contributed by atoms with Crippen LogP contribution < -0.4 is 5.32 Å². The van der Waals surface area contributed by atoms with Crippen molar-refractivity contribution >= 4 is 5.91 Å². The van der Waals surface area contributed by atoms with Gasteiger partial charge in [0, 0.05) is 24.4 Å². The van der Waals surface area contributed by atoms with Crippen molar-refractivity contribution in [2.75, 3.05) is 0 Å². The van der Waals surface area contributed by atoms with Crippen molar-refractivity contribution in [2.24, 2.45) is 0 Å². The molecule has 0 unspecified atom stereocenters. The lowest BCUT2D eigenvalue weighted by molar-refractivity contribution is -0.121. The number of nitrogens with zero attached hydrogens (tertiary/aromatic N) is 2. The Balaban J connectivity index is 1.93. The molecule has 1 aromatic carbocycles. The molecule has 1 N–H and O–H groups in total. The zero-order valence-corrected chi connectivity index (χ0v) is 12.1. The molecule has 0 saturated carbocycles. The number of nitrogens with one attached hydrogen (secondary N) is 1. The first-order valence-electron chi connectivity index (χ1n) is 6.96. The second-order valence-electron chi connectivity index (χ2n) is 4.90. The summed E-state index contributed by atoms with van der Waals surface area (Å²) in [6, 6.07) is 6.13. The topological polar surface area (TPSA) is 68.0 Å². The molecular formula is C15H18FN3O2. The second kappa shape index (κ2) is 6.97. The Morgan fingerprint density at radius 2 is 2.29 bits per heavy atom. The van der Waals surface area contributed by atoms with Crippen LogP contribution in [0.5, 0.6) is 0 Å². The van der Waals surface area contributed by atoms with E-state index >= 15 is 0 Å². The average Bonchev–Trinajstić information content (AvgIpc) is 2.94. The quantitative estimate of drug-likeness (QED) is 0.888. The van der Waals surface area contributed by atoms with Gasteiger partial charge < -0.3 is 9.84 Å². The van der Waals surface area contributed by atoms with Gasteiger partial charge in [-0.05, 0) is 25.5 Å². The van der Waals surface area contributed by atoms with E-state index in [9.17, 15) is 9.18 Å². The van der Waals surface area contributed by atoms with Crippen LogP contribution >= 0.6 is 0 Å². The maximum atomic E-state index is 13.1. The standard InChI is InChI=1S/C15H18FN3O2/c1-3-10(2)17-13(20)7-8-14-18-15(19-21-14)11-5-4-6-12(16)9-11/h4-6,9-10H,3,7-8H2,1-2H3,(H,17,20)/t10-/m1/s1. The Kier molecular flexibility index (Phi) is 5.03. The van der Waals surface area contributed by atoms with Gasteiger partial charge in [-0.15, -0.1) is 0 Å². The Labute approximate surface area is 122 Å². The monoisotopic (exact) mass is 291 g/mol. The van der Waals surface area contributed by atoms with Gasteiger partial charge in [0.2, 0.25) is 17.6 Å². The third-order valence-corrected chi connectivity index (χ3v) is 3.14. The molecule has 0 spiro atoms. The lowest BCUT2D eigenvalue weighted by atomic mass is 10.2. The zero-order chi connectivity index (χ0) is 15.2. The number of amides is 1. The number of carbonyl (C=O) groups excluding carboxylic acids is 1. The third kappa shape index (κ3) is 4.37. The smallest absolute Gasteiger partial charge is 0.227 e. The molecule has 1 amide bonds. The fourth-order valence-electron chi connectivity index (χ4n) is 1.77. The van der Waals surface area contributed by atoms with E-state index in [0.717, 1.165) is 6.42 Å². The largest absolute Gasteiger partial charge is 0.354 e. The number of carbonyl (C=O) groups is 1. The Bertz CT molecular complexity index is 612. The van der Waals surface area contributed by atoms with Gasteiger partial charge in [0.15, 0.2) is 0 Å². The van der Waals surface area contributed by atoms with Crippen molar-refractivity contribution in [3.05, 3.63) is 36.0 Å². The SMILES string of the molecule is CC[C@@H](C)NC(=O)CCc1nc(-c2cccc(F)c2)no1. The molecule has 0 bridgehead atoms. The normalized spacial score (nSPS) is 12.1. The van der Waals surface area contributed by atoms with Gasteiger partial charge in [-0.3, -0.25) is 4.79 Å². The van der Waals surface area contributed by atoms with Crippen LogP contribution in [0.2, 0.25) is 0 Å². The molecule has 0 radical (unpaired) electrons. The van der Waals surface area contributed by atoms with Crippen LogP contribution in [-0.4, -0.2) is 22.1 Å². The van der Waals surface area contributed by atoms with E-state index in [1.54, 1.807) is 12.1 Å². The number of aromatic nitrogens is 2. The van der Waals surface area contributed by atoms with Crippen LogP contribution in [-0.2, 0) is 11.2 Å². The maximum Gasteiger partial charge on any atom is 0.227 e. The van der Waals surface area contributed by atoms with Crippen LogP contribution in [0.15, 0.2) is 28.8 Å². The number of hydrogen-bond donors (Lipinski definition) is 1. The predicted octanol–water partition coefficient (Wildman–Crippen LogP) is 2.72. The minimum absolute atomic E-state index is 0.0464. The molecule has 6 heteroatoms. The van der Waals surface area contributed by atoms with E-state index in [-0.39, 0.29) is 24.2 Å². The number of halogens is 1. The van der Waals surface area contributed by atoms with E-state index in [1.807, 2.05) is 13.8 Å². The van der Waals surface area contributed by atoms with E-state index in [2.05, 4.69) is 15.5 Å². The summed E-state index contributed by atoms with van der Waals surface area (Å²) >= 11 is 0. The highest BCUT2D eigenvalue weighted by atomic mass is 19.1. The Hall–Kier alpha value is -2.24. The summed E-state index contributed by atoms with van der Waals surface area (Å²) in [4.78, 5) is 15.8. The van der Waals surface area contributed by atoms with E-state index < -0.39 is 0 Å². The first-order chi connectivity index (χ1) is 10.1. The molecule has 0 fully saturated rings. The molecule has 0 aliphatic heterocycles. The van der Waals surface area contributed by atoms with E-state index in [0.29, 0.717) is 23.7 Å². The van der Waals surface area contributed by atoms with Gasteiger partial charge in [0.05, 0.1) is 0 Å². The van der Waals surface area contributed by atoms with Crippen LogP contribution in [0.1, 0.15) is 32.6 Å². The number of benzene rings is 1. The summed E-state index contributed by atoms with van der Waals surface area (Å²) in [5, 5.41) is 6.67. The number of hydrogen-bond acceptors (Lipinski definition) is 4. The maximum absolute atomic E-state index is 13.1. The molecule has 0 saturated heterocycles. The van der Waals surface area contributed by atoms with Crippen molar-refractivity contribution in [1.82, 2.24) is 15.5 Å². The van der Waals surface area contributed by atoms with Crippen molar-refractivity contribution in [3.63, 3.8) is 0 Å². The number of rotatable bonds is 6. The van der Waals surface area contributed by atoms with Crippen LogP contribution in [0.4, 0.5) is 4.39 Å². The predicted molar refractivity (Wildman–Crippen MR) is 75.9 cm³/mol. The van der Waals surface area contributed by atoms with Crippen LogP contribution in [0.3, 0.4) is 0 Å². The first kappa shape index (κ1) is 15.2. The van der Waals surface area contributed by atoms with Crippen LogP contribution in [0.25, 0.3) is 11.4 Å². The van der Waals surface area contributed by atoms with Gasteiger partial charge in [0.25, 0.3) is 0 Å². The highest BCUT2D eigenvalue weighted by Crippen LogP contribution is 2.17. The molecule has 1 aromatic heterocycles. The highest BCUT2D eigenvalue weighted by molar-refractivity contribution is 5.76. The fraction of sp³-hybridized carbons (Fsp3) is 0.400. The molecule has 0 aliphatic carbocycles. The van der Waals surface area contributed by atoms with Crippen LogP contribution in [0, 0.1) is 5.82 Å². The fourth-order valence-corrected chi connectivity index (χ4v) is 1.77. The average molecular weight is 291 g/mol. The number of aryl methyl sites for hydroxylation is 1. The summed E-state index contributed by atoms with van der Waals surface area (Å²) in [5.41, 5.74) is 0.550. The van der Waals surface area contributed by atoms with E-state index in [1.165, 1.54) is 12.1 Å². The van der Waals surface area contributed by atoms with Crippen molar-refractivity contribution in [3.8, 4) is 11.4 Å². The van der Waals surface area contributed by atoms with Crippen molar-refractivity contribution < 1.29 is 13.7 Å². The summed E-state index contributed by atoms with van der Waals surface area (Å²) in [7, 11) is 0. The summed E-state index contributed by atoms with van der Waals surface area (Å²) in [6.45, 7) is 3.96. The zero-order valence-electron chi connectivity index (χ0n) is 12.1. The molecule has 1 atom stereocenters. The van der Waals surface area contributed by atoms with Gasteiger partial charge in [-0.1, -0.05) is 24.2 Å². The summed E-state index contributed by atoms with van der Waals surface area (Å²) < 4.78 is 18.2. The molecule has 112 valence electrons. The minimum Gasteiger partial charge on any atom is -0.354 e. The van der Waals surface area contributed by atoms with Gasteiger partial charge in [-0.25, -0.2) is 4.39 Å². The van der Waals surface area contributed by atoms with Gasteiger partial charge >= 0.3 is 0 Å². The van der Waals surface area contributed by atoms with E-state index in [4.69, 9.17) is 4.52 Å². The first-order valence-corrected chi connectivity index (χ1v) is 6.96. The highest BCUT2D eigenvalue weighted by Gasteiger charge is 2.12. The summed E-state index contributed by atoms with van der Waals surface area (Å²) in [6.07, 6.45) is 1.54. The van der Waals surface area contributed by atoms with Crippen molar-refractivity contribution in [2.45, 2.75) is 39.2 Å². The molecule has 2 aromatic rings. The molecule has 0 aliphatic rings. The Morgan fingerprint density at radius 3 is 3.00 bits per heavy atom. The lowest BCUT2D eigenvalue weighted by Gasteiger charge is -2.10. The minimum atomic E-state index is -0.355. The molecular weight excluding hydrogens is 273 g/mol. The molecule has 21 heavy (non-hydrogen) atoms. The lowest BCUT2D eigenvalue weighted by Crippen LogP contribution is -2.32. The van der Waals surface area contributed by atoms with Gasteiger partial charge in [-0.2, -0.15) is 4.98 Å². The van der Waals surface area contributed by atoms with Crippen molar-refractivity contribution in [1.29, 1.82) is 0 Å². The molecule has 1 heterocycles. The molecule has 5 nitrogen and oxygen atoms in total. The third-order valence-electron chi connectivity index (χ3n) is 3.14.